The summed E-state index contributed by atoms with van der Waals surface area (Å²) in [5, 5.41) is 10.5. The third-order valence-electron chi connectivity index (χ3n) is 4.52. The van der Waals surface area contributed by atoms with Crippen LogP contribution in [0.5, 0.6) is 0 Å². The third kappa shape index (κ3) is 3.34. The first-order valence-electron chi connectivity index (χ1n) is 7.75. The molecular weight excluding hydrogens is 258 g/mol. The van der Waals surface area contributed by atoms with Gasteiger partial charge in [-0.1, -0.05) is 54.6 Å². The van der Waals surface area contributed by atoms with Crippen LogP contribution in [0.4, 0.5) is 0 Å². The lowest BCUT2D eigenvalue weighted by Gasteiger charge is -2.21. The fourth-order valence-electron chi connectivity index (χ4n) is 3.30. The number of likely N-dealkylation sites (tertiary alicyclic amines) is 1. The van der Waals surface area contributed by atoms with Gasteiger partial charge in [0.25, 0.3) is 0 Å². The molecule has 2 aromatic carbocycles. The first-order chi connectivity index (χ1) is 10.2. The van der Waals surface area contributed by atoms with Gasteiger partial charge in [0, 0.05) is 13.1 Å². The summed E-state index contributed by atoms with van der Waals surface area (Å²) in [6.45, 7) is 4.92. The smallest absolute Gasteiger partial charge is 0.0919 e. The van der Waals surface area contributed by atoms with Crippen LogP contribution in [0.1, 0.15) is 35.1 Å². The van der Waals surface area contributed by atoms with Crippen molar-refractivity contribution in [2.75, 3.05) is 19.6 Å². The Morgan fingerprint density at radius 2 is 1.81 bits per heavy atom. The molecule has 0 saturated carbocycles. The van der Waals surface area contributed by atoms with Gasteiger partial charge >= 0.3 is 0 Å². The van der Waals surface area contributed by atoms with Crippen molar-refractivity contribution in [1.82, 2.24) is 4.90 Å². The minimum absolute atomic E-state index is 0.388. The maximum atomic E-state index is 10.5. The summed E-state index contributed by atoms with van der Waals surface area (Å²) in [7, 11) is 0. The van der Waals surface area contributed by atoms with E-state index in [-0.39, 0.29) is 6.10 Å². The van der Waals surface area contributed by atoms with Crippen LogP contribution in [-0.2, 0) is 0 Å². The summed E-state index contributed by atoms with van der Waals surface area (Å²) in [4.78, 5) is 2.38. The highest BCUT2D eigenvalue weighted by molar-refractivity contribution is 5.28. The van der Waals surface area contributed by atoms with Crippen molar-refractivity contribution >= 4 is 0 Å². The number of nitrogens with zero attached hydrogens (tertiary/aromatic N) is 1. The number of hydrogen-bond donors (Lipinski definition) is 1. The van der Waals surface area contributed by atoms with E-state index >= 15 is 0 Å². The van der Waals surface area contributed by atoms with Crippen LogP contribution >= 0.6 is 0 Å². The molecule has 1 heterocycles. The molecule has 1 saturated heterocycles. The summed E-state index contributed by atoms with van der Waals surface area (Å²) in [5.41, 5.74) is 3.65. The second kappa shape index (κ2) is 6.42. The molecule has 0 aliphatic carbocycles. The highest BCUT2D eigenvalue weighted by Crippen LogP contribution is 2.28. The fraction of sp³-hybridized carbons (Fsp3) is 0.368. The van der Waals surface area contributed by atoms with E-state index in [0.717, 1.165) is 25.2 Å². The number of aliphatic hydroxyl groups excluding tert-OH is 1. The van der Waals surface area contributed by atoms with Crippen molar-refractivity contribution in [3.05, 3.63) is 71.3 Å². The van der Waals surface area contributed by atoms with Crippen molar-refractivity contribution in [3.8, 4) is 0 Å². The number of aryl methyl sites for hydroxylation is 1. The Hall–Kier alpha value is -1.64. The first kappa shape index (κ1) is 14.3. The second-order valence-electron chi connectivity index (χ2n) is 6.03. The van der Waals surface area contributed by atoms with Crippen molar-refractivity contribution in [2.45, 2.75) is 25.4 Å². The molecular formula is C19H23NO. The minimum atomic E-state index is -0.388. The zero-order valence-electron chi connectivity index (χ0n) is 12.6. The zero-order valence-corrected chi connectivity index (χ0v) is 12.6. The van der Waals surface area contributed by atoms with E-state index in [1.54, 1.807) is 0 Å². The molecule has 2 atom stereocenters. The minimum Gasteiger partial charge on any atom is -0.387 e. The standard InChI is InChI=1S/C19H23NO/c1-15-7-5-6-10-18(15)19(21)14-20-12-11-17(13-20)16-8-3-2-4-9-16/h2-10,17,19,21H,11-14H2,1H3. The number of rotatable bonds is 4. The quantitative estimate of drug-likeness (QED) is 0.927. The lowest BCUT2D eigenvalue weighted by Crippen LogP contribution is -2.26. The van der Waals surface area contributed by atoms with Crippen LogP contribution in [0.3, 0.4) is 0 Å². The molecule has 1 N–H and O–H groups in total. The van der Waals surface area contributed by atoms with Gasteiger partial charge in [0.05, 0.1) is 6.10 Å². The Balaban J connectivity index is 1.61. The molecule has 2 unspecified atom stereocenters. The van der Waals surface area contributed by atoms with Crippen LogP contribution < -0.4 is 0 Å². The van der Waals surface area contributed by atoms with E-state index in [0.29, 0.717) is 5.92 Å². The first-order valence-corrected chi connectivity index (χ1v) is 7.75. The van der Waals surface area contributed by atoms with E-state index in [1.165, 1.54) is 17.5 Å². The predicted octanol–water partition coefficient (Wildman–Crippen LogP) is 3.52. The van der Waals surface area contributed by atoms with Gasteiger partial charge in [-0.25, -0.2) is 0 Å². The van der Waals surface area contributed by atoms with E-state index < -0.39 is 0 Å². The molecule has 0 radical (unpaired) electrons. The Labute approximate surface area is 127 Å². The Morgan fingerprint density at radius 3 is 2.57 bits per heavy atom. The average Bonchev–Trinajstić information content (AvgIpc) is 2.97. The van der Waals surface area contributed by atoms with Crippen LogP contribution in [0, 0.1) is 6.92 Å². The van der Waals surface area contributed by atoms with E-state index in [4.69, 9.17) is 0 Å². The number of hydrogen-bond acceptors (Lipinski definition) is 2. The van der Waals surface area contributed by atoms with Gasteiger partial charge in [-0.05, 0) is 42.5 Å². The molecule has 1 fully saturated rings. The van der Waals surface area contributed by atoms with Gasteiger partial charge < -0.3 is 5.11 Å². The lowest BCUT2D eigenvalue weighted by molar-refractivity contribution is 0.125. The molecule has 110 valence electrons. The maximum absolute atomic E-state index is 10.5. The average molecular weight is 281 g/mol. The van der Waals surface area contributed by atoms with E-state index in [9.17, 15) is 5.11 Å². The number of benzene rings is 2. The predicted molar refractivity (Wildman–Crippen MR) is 86.4 cm³/mol. The van der Waals surface area contributed by atoms with Gasteiger partial charge in [0.15, 0.2) is 0 Å². The van der Waals surface area contributed by atoms with Crippen molar-refractivity contribution in [3.63, 3.8) is 0 Å². The lowest BCUT2D eigenvalue weighted by atomic mass is 9.99. The van der Waals surface area contributed by atoms with Gasteiger partial charge in [0.1, 0.15) is 0 Å². The zero-order chi connectivity index (χ0) is 14.7. The summed E-state index contributed by atoms with van der Waals surface area (Å²) >= 11 is 0. The Bertz CT molecular complexity index is 581. The summed E-state index contributed by atoms with van der Waals surface area (Å²) in [5.74, 6) is 0.607. The van der Waals surface area contributed by atoms with E-state index in [2.05, 4.69) is 48.2 Å². The maximum Gasteiger partial charge on any atom is 0.0919 e. The Morgan fingerprint density at radius 1 is 1.10 bits per heavy atom. The molecule has 1 aliphatic rings. The number of β-amino-alcohol motifs (C(OH)–C–C–N with tert-alkyl or cyclic N) is 1. The summed E-state index contributed by atoms with van der Waals surface area (Å²) < 4.78 is 0. The normalized spacial score (nSPS) is 20.6. The SMILES string of the molecule is Cc1ccccc1C(O)CN1CCC(c2ccccc2)C1. The van der Waals surface area contributed by atoms with Gasteiger partial charge in [-0.2, -0.15) is 0 Å². The summed E-state index contributed by atoms with van der Waals surface area (Å²) in [6.07, 6.45) is 0.797. The molecule has 2 aromatic rings. The molecule has 2 heteroatoms. The second-order valence-corrected chi connectivity index (χ2v) is 6.03. The molecule has 3 rings (SSSR count). The molecule has 0 amide bonds. The molecule has 0 aromatic heterocycles. The highest BCUT2D eigenvalue weighted by Gasteiger charge is 2.25. The van der Waals surface area contributed by atoms with Crippen LogP contribution in [-0.4, -0.2) is 29.6 Å². The van der Waals surface area contributed by atoms with Crippen LogP contribution in [0.15, 0.2) is 54.6 Å². The molecule has 21 heavy (non-hydrogen) atoms. The largest absolute Gasteiger partial charge is 0.387 e. The van der Waals surface area contributed by atoms with Crippen molar-refractivity contribution < 1.29 is 5.11 Å². The van der Waals surface area contributed by atoms with Crippen molar-refractivity contribution in [2.24, 2.45) is 0 Å². The number of aliphatic hydroxyl groups is 1. The molecule has 0 spiro atoms. The third-order valence-corrected chi connectivity index (χ3v) is 4.52. The molecule has 2 nitrogen and oxygen atoms in total. The monoisotopic (exact) mass is 281 g/mol. The highest BCUT2D eigenvalue weighted by atomic mass is 16.3. The van der Waals surface area contributed by atoms with Gasteiger partial charge in [-0.3, -0.25) is 4.90 Å². The fourth-order valence-corrected chi connectivity index (χ4v) is 3.30. The van der Waals surface area contributed by atoms with Crippen LogP contribution in [0.25, 0.3) is 0 Å². The van der Waals surface area contributed by atoms with Gasteiger partial charge in [0.2, 0.25) is 0 Å². The molecule has 1 aliphatic heterocycles. The van der Waals surface area contributed by atoms with Crippen molar-refractivity contribution in [1.29, 1.82) is 0 Å². The molecule has 0 bridgehead atoms. The van der Waals surface area contributed by atoms with Crippen LogP contribution in [0.2, 0.25) is 0 Å². The summed E-state index contributed by atoms with van der Waals surface area (Å²) in [6, 6.07) is 18.8. The van der Waals surface area contributed by atoms with E-state index in [1.807, 2.05) is 18.2 Å². The topological polar surface area (TPSA) is 23.5 Å². The van der Waals surface area contributed by atoms with Gasteiger partial charge in [-0.15, -0.1) is 0 Å². The Kier molecular flexibility index (Phi) is 4.37.